The van der Waals surface area contributed by atoms with E-state index in [1.165, 1.54) is 0 Å². The Morgan fingerprint density at radius 2 is 1.52 bits per heavy atom. The van der Waals surface area contributed by atoms with E-state index in [9.17, 15) is 4.79 Å². The van der Waals surface area contributed by atoms with Crippen LogP contribution in [-0.4, -0.2) is 15.5 Å². The molecular formula is C25H16N2O2. The van der Waals surface area contributed by atoms with E-state index in [2.05, 4.69) is 29.2 Å². The number of carbonyl (C=O) groups is 1. The Morgan fingerprint density at radius 1 is 0.897 bits per heavy atom. The molecule has 0 unspecified atom stereocenters. The maximum absolute atomic E-state index is 12.2. The number of hydrogen-bond donors (Lipinski definition) is 0. The average Bonchev–Trinajstić information content (AvgIpc) is 3.29. The third-order valence-corrected chi connectivity index (χ3v) is 4.26. The van der Waals surface area contributed by atoms with Crippen LogP contribution in [0.3, 0.4) is 0 Å². The molecule has 1 heterocycles. The number of rotatable bonds is 3. The molecule has 4 rings (SSSR count). The summed E-state index contributed by atoms with van der Waals surface area (Å²) in [6, 6.07) is 22.2. The lowest BCUT2D eigenvalue weighted by molar-refractivity contribution is 0.0735. The molecule has 4 heteroatoms. The van der Waals surface area contributed by atoms with Gasteiger partial charge in [0.2, 0.25) is 0 Å². The summed E-state index contributed by atoms with van der Waals surface area (Å²) in [5.41, 5.74) is 4.30. The van der Waals surface area contributed by atoms with Gasteiger partial charge in [-0.3, -0.25) is 4.57 Å². The Bertz CT molecular complexity index is 1160. The lowest BCUT2D eigenvalue weighted by Gasteiger charge is -2.04. The predicted octanol–water partition coefficient (Wildman–Crippen LogP) is 4.40. The third-order valence-electron chi connectivity index (χ3n) is 4.26. The van der Waals surface area contributed by atoms with Crippen molar-refractivity contribution in [1.82, 2.24) is 9.55 Å². The highest BCUT2D eigenvalue weighted by Crippen LogP contribution is 2.15. The molecular weight excluding hydrogens is 360 g/mol. The molecule has 0 amide bonds. The summed E-state index contributed by atoms with van der Waals surface area (Å²) in [7, 11) is 0. The van der Waals surface area contributed by atoms with Gasteiger partial charge in [-0.1, -0.05) is 29.5 Å². The van der Waals surface area contributed by atoms with Crippen LogP contribution in [0.15, 0.2) is 79.1 Å². The summed E-state index contributed by atoms with van der Waals surface area (Å²) in [6.07, 6.45) is 7.16. The molecule has 0 aliphatic carbocycles. The lowest BCUT2D eigenvalue weighted by Crippen LogP contribution is -2.08. The van der Waals surface area contributed by atoms with E-state index >= 15 is 0 Å². The van der Waals surface area contributed by atoms with Crippen LogP contribution in [0.1, 0.15) is 27.0 Å². The highest BCUT2D eigenvalue weighted by Gasteiger charge is 2.07. The molecule has 0 N–H and O–H groups in total. The van der Waals surface area contributed by atoms with Crippen LogP contribution in [-0.2, 0) is 0 Å². The monoisotopic (exact) mass is 376 g/mol. The number of hydrogen-bond acceptors (Lipinski definition) is 3. The van der Waals surface area contributed by atoms with Gasteiger partial charge in [0.25, 0.3) is 0 Å². The summed E-state index contributed by atoms with van der Waals surface area (Å²) in [6.45, 7) is 1.97. The van der Waals surface area contributed by atoms with Crippen LogP contribution in [0, 0.1) is 31.2 Å². The second kappa shape index (κ2) is 8.17. The minimum Gasteiger partial charge on any atom is -0.423 e. The summed E-state index contributed by atoms with van der Waals surface area (Å²) in [5.74, 6) is 6.34. The molecule has 0 spiro atoms. The van der Waals surface area contributed by atoms with Crippen LogP contribution >= 0.6 is 0 Å². The Labute approximate surface area is 169 Å². The second-order valence-electron chi connectivity index (χ2n) is 6.41. The topological polar surface area (TPSA) is 44.1 Å². The molecule has 4 nitrogen and oxygen atoms in total. The Morgan fingerprint density at radius 3 is 2.10 bits per heavy atom. The van der Waals surface area contributed by atoms with Gasteiger partial charge >= 0.3 is 5.97 Å². The molecule has 138 valence electrons. The van der Waals surface area contributed by atoms with Gasteiger partial charge in [-0.15, -0.1) is 0 Å². The SMILES string of the molecule is Cc1ccc(C(=O)Oc2ccc(C#Cc3ccc(-n4c#cnc4)cc3)cc2)cc1. The van der Waals surface area contributed by atoms with Gasteiger partial charge in [-0.05, 0) is 67.6 Å². The molecule has 1 aromatic heterocycles. The third kappa shape index (κ3) is 4.53. The highest BCUT2D eigenvalue weighted by atomic mass is 16.5. The summed E-state index contributed by atoms with van der Waals surface area (Å²) >= 11 is 0. The first kappa shape index (κ1) is 18.1. The fraction of sp³-hybridized carbons (Fsp3) is 0.0400. The van der Waals surface area contributed by atoms with Crippen molar-refractivity contribution >= 4 is 5.97 Å². The van der Waals surface area contributed by atoms with E-state index in [1.54, 1.807) is 35.2 Å². The number of aryl methyl sites for hydroxylation is 1. The first-order valence-corrected chi connectivity index (χ1v) is 9.01. The van der Waals surface area contributed by atoms with Gasteiger partial charge in [0, 0.05) is 17.3 Å². The van der Waals surface area contributed by atoms with Crippen molar-refractivity contribution in [3.63, 3.8) is 0 Å². The van der Waals surface area contributed by atoms with Crippen molar-refractivity contribution in [2.45, 2.75) is 6.92 Å². The second-order valence-corrected chi connectivity index (χ2v) is 6.41. The molecule has 0 fully saturated rings. The van der Waals surface area contributed by atoms with Crippen LogP contribution in [0.4, 0.5) is 0 Å². The van der Waals surface area contributed by atoms with E-state index in [4.69, 9.17) is 4.74 Å². The van der Waals surface area contributed by atoms with E-state index in [0.717, 1.165) is 22.4 Å². The fourth-order valence-electron chi connectivity index (χ4n) is 2.64. The lowest BCUT2D eigenvalue weighted by atomic mass is 10.1. The van der Waals surface area contributed by atoms with Crippen LogP contribution in [0.25, 0.3) is 5.69 Å². The molecule has 4 aromatic rings. The normalized spacial score (nSPS) is 9.83. The van der Waals surface area contributed by atoms with E-state index < -0.39 is 0 Å². The van der Waals surface area contributed by atoms with E-state index in [1.807, 2.05) is 55.5 Å². The zero-order valence-electron chi connectivity index (χ0n) is 15.7. The van der Waals surface area contributed by atoms with Gasteiger partial charge in [0.1, 0.15) is 12.1 Å². The average molecular weight is 376 g/mol. The number of ether oxygens (including phenoxy) is 1. The number of nitrogens with zero attached hydrogens (tertiary/aromatic N) is 2. The molecule has 0 aliphatic heterocycles. The number of benzene rings is 3. The quantitative estimate of drug-likeness (QED) is 0.302. The smallest absolute Gasteiger partial charge is 0.343 e. The number of aromatic nitrogens is 2. The molecule has 0 bridgehead atoms. The van der Waals surface area contributed by atoms with Crippen molar-refractivity contribution in [2.75, 3.05) is 0 Å². The minimum absolute atomic E-state index is 0.378. The molecule has 0 aliphatic rings. The molecule has 29 heavy (non-hydrogen) atoms. The van der Waals surface area contributed by atoms with Crippen LogP contribution in [0.2, 0.25) is 0 Å². The first-order valence-electron chi connectivity index (χ1n) is 9.01. The van der Waals surface area contributed by atoms with Crippen molar-refractivity contribution in [2.24, 2.45) is 0 Å². The van der Waals surface area contributed by atoms with Crippen molar-refractivity contribution in [3.8, 4) is 23.3 Å². The zero-order chi connectivity index (χ0) is 20.1. The largest absolute Gasteiger partial charge is 0.423 e. The van der Waals surface area contributed by atoms with E-state index in [-0.39, 0.29) is 5.97 Å². The van der Waals surface area contributed by atoms with Crippen molar-refractivity contribution in [1.29, 1.82) is 0 Å². The highest BCUT2D eigenvalue weighted by molar-refractivity contribution is 5.91. The fourth-order valence-corrected chi connectivity index (χ4v) is 2.64. The first-order chi connectivity index (χ1) is 14.2. The predicted molar refractivity (Wildman–Crippen MR) is 110 cm³/mol. The molecule has 0 radical (unpaired) electrons. The van der Waals surface area contributed by atoms with Crippen LogP contribution < -0.4 is 4.74 Å². The maximum atomic E-state index is 12.2. The van der Waals surface area contributed by atoms with Gasteiger partial charge in [-0.2, -0.15) is 4.98 Å². The summed E-state index contributed by atoms with van der Waals surface area (Å²) < 4.78 is 7.16. The van der Waals surface area contributed by atoms with Gasteiger partial charge < -0.3 is 4.74 Å². The summed E-state index contributed by atoms with van der Waals surface area (Å²) in [4.78, 5) is 16.0. The molecule has 3 aromatic carbocycles. The Balaban J connectivity index is 1.41. The zero-order valence-corrected chi connectivity index (χ0v) is 15.7. The molecule has 0 atom stereocenters. The van der Waals surface area contributed by atoms with Crippen LogP contribution in [0.5, 0.6) is 5.75 Å². The van der Waals surface area contributed by atoms with Gasteiger partial charge in [-0.25, -0.2) is 4.79 Å². The molecule has 0 saturated carbocycles. The Hall–Kier alpha value is -4.28. The van der Waals surface area contributed by atoms with Crippen molar-refractivity contribution < 1.29 is 9.53 Å². The number of esters is 1. The maximum Gasteiger partial charge on any atom is 0.343 e. The summed E-state index contributed by atoms with van der Waals surface area (Å²) in [5, 5.41) is 0. The number of carbonyl (C=O) groups excluding carboxylic acids is 1. The van der Waals surface area contributed by atoms with Crippen molar-refractivity contribution in [3.05, 3.63) is 114 Å². The van der Waals surface area contributed by atoms with Gasteiger partial charge in [0.05, 0.1) is 17.4 Å². The standard InChI is InChI=1S/C25H16N2O2/c1-19-2-10-22(11-3-19)25(28)29-24-14-8-21(9-15-24)5-4-20-6-12-23(13-7-20)27-17-16-26-18-27/h2-3,6-15,18H,1H3. The van der Waals surface area contributed by atoms with E-state index in [0.29, 0.717) is 11.3 Å². The minimum atomic E-state index is -0.378. The van der Waals surface area contributed by atoms with Gasteiger partial charge in [0.15, 0.2) is 0 Å². The Kier molecular flexibility index (Phi) is 5.10. The molecule has 0 saturated heterocycles.